The fourth-order valence-electron chi connectivity index (χ4n) is 5.44. The Labute approximate surface area is 245 Å². The van der Waals surface area contributed by atoms with Gasteiger partial charge in [-0.15, -0.1) is 5.10 Å². The number of carbonyl (C=O) groups is 3. The third-order valence-corrected chi connectivity index (χ3v) is 7.40. The Morgan fingerprint density at radius 1 is 0.976 bits per heavy atom. The van der Waals surface area contributed by atoms with Crippen molar-refractivity contribution < 1.29 is 19.1 Å². The van der Waals surface area contributed by atoms with Gasteiger partial charge >= 0.3 is 0 Å². The number of hydrogen-bond donors (Lipinski definition) is 2. The van der Waals surface area contributed by atoms with Crippen molar-refractivity contribution in [1.29, 1.82) is 0 Å². The molecule has 1 fully saturated rings. The highest BCUT2D eigenvalue weighted by Gasteiger charge is 2.34. The van der Waals surface area contributed by atoms with Crippen molar-refractivity contribution in [1.82, 2.24) is 20.3 Å². The standard InChI is InChI=1S/C32H36N6O4/c1-3-42-27-19-13-23(14-20-27)31(32(41)34-24-9-5-4-6-10-24)38(26-17-15-25(16-18-26)33-22(2)39)30(40)21-37-29-12-8-7-11-28(29)35-36-37/h7-8,11-20,24,31H,3-6,9-10,21H2,1-2H3,(H,33,39)(H,34,41)/t31-/m0/s1. The molecule has 3 aromatic carbocycles. The van der Waals surface area contributed by atoms with Crippen LogP contribution in [0.3, 0.4) is 0 Å². The van der Waals surface area contributed by atoms with E-state index in [1.54, 1.807) is 28.9 Å². The molecule has 1 aliphatic rings. The Bertz CT molecular complexity index is 1530. The summed E-state index contributed by atoms with van der Waals surface area (Å²) in [5, 5.41) is 14.4. The minimum absolute atomic E-state index is 0.0507. The third kappa shape index (κ3) is 6.76. The topological polar surface area (TPSA) is 118 Å². The second kappa shape index (κ2) is 13.3. The number of ether oxygens (including phenoxy) is 1. The molecule has 0 radical (unpaired) electrons. The van der Waals surface area contributed by atoms with Gasteiger partial charge in [0.1, 0.15) is 23.9 Å². The van der Waals surface area contributed by atoms with E-state index in [4.69, 9.17) is 4.74 Å². The summed E-state index contributed by atoms with van der Waals surface area (Å²) in [6, 6.07) is 20.7. The van der Waals surface area contributed by atoms with Crippen molar-refractivity contribution in [3.8, 4) is 5.75 Å². The van der Waals surface area contributed by atoms with E-state index < -0.39 is 6.04 Å². The van der Waals surface area contributed by atoms with Gasteiger partial charge in [0.05, 0.1) is 12.1 Å². The monoisotopic (exact) mass is 568 g/mol. The second-order valence-electron chi connectivity index (χ2n) is 10.5. The molecule has 10 nitrogen and oxygen atoms in total. The number of anilines is 2. The van der Waals surface area contributed by atoms with E-state index >= 15 is 0 Å². The molecule has 0 saturated heterocycles. The Morgan fingerprint density at radius 3 is 2.38 bits per heavy atom. The number of aromatic nitrogens is 3. The minimum Gasteiger partial charge on any atom is -0.494 e. The molecule has 1 aliphatic carbocycles. The molecule has 10 heteroatoms. The van der Waals surface area contributed by atoms with E-state index in [0.29, 0.717) is 34.8 Å². The molecule has 4 aromatic rings. The maximum atomic E-state index is 14.3. The SMILES string of the molecule is CCOc1ccc([C@@H](C(=O)NC2CCCCC2)N(C(=O)Cn2nnc3ccccc32)c2ccc(NC(C)=O)cc2)cc1. The minimum atomic E-state index is -0.962. The number of nitrogens with zero attached hydrogens (tertiary/aromatic N) is 4. The predicted molar refractivity (Wildman–Crippen MR) is 161 cm³/mol. The molecule has 1 aromatic heterocycles. The molecule has 1 atom stereocenters. The van der Waals surface area contributed by atoms with E-state index in [9.17, 15) is 14.4 Å². The number of para-hydroxylation sites is 1. The molecule has 1 saturated carbocycles. The molecule has 42 heavy (non-hydrogen) atoms. The second-order valence-corrected chi connectivity index (χ2v) is 10.5. The number of benzene rings is 3. The number of fused-ring (bicyclic) bond motifs is 1. The Hall–Kier alpha value is -4.73. The van der Waals surface area contributed by atoms with Crippen LogP contribution in [0.5, 0.6) is 5.75 Å². The first-order chi connectivity index (χ1) is 20.4. The summed E-state index contributed by atoms with van der Waals surface area (Å²) in [5.74, 6) is -0.114. The van der Waals surface area contributed by atoms with Crippen molar-refractivity contribution in [3.63, 3.8) is 0 Å². The number of nitrogens with one attached hydrogen (secondary N) is 2. The number of carbonyl (C=O) groups excluding carboxylic acids is 3. The van der Waals surface area contributed by atoms with Crippen LogP contribution in [0.1, 0.15) is 57.6 Å². The zero-order valence-electron chi connectivity index (χ0n) is 24.0. The lowest BCUT2D eigenvalue weighted by molar-refractivity contribution is -0.127. The van der Waals surface area contributed by atoms with Crippen LogP contribution >= 0.6 is 0 Å². The van der Waals surface area contributed by atoms with Crippen LogP contribution in [0.2, 0.25) is 0 Å². The Kier molecular flexibility index (Phi) is 9.11. The summed E-state index contributed by atoms with van der Waals surface area (Å²) < 4.78 is 7.18. The molecule has 5 rings (SSSR count). The lowest BCUT2D eigenvalue weighted by Crippen LogP contribution is -2.48. The van der Waals surface area contributed by atoms with Gasteiger partial charge in [-0.25, -0.2) is 4.68 Å². The van der Waals surface area contributed by atoms with Gasteiger partial charge in [0.25, 0.3) is 0 Å². The fourth-order valence-corrected chi connectivity index (χ4v) is 5.44. The van der Waals surface area contributed by atoms with Gasteiger partial charge in [-0.2, -0.15) is 0 Å². The van der Waals surface area contributed by atoms with Crippen molar-refractivity contribution in [2.24, 2.45) is 0 Å². The van der Waals surface area contributed by atoms with Gasteiger partial charge in [-0.3, -0.25) is 19.3 Å². The lowest BCUT2D eigenvalue weighted by Gasteiger charge is -2.33. The lowest BCUT2D eigenvalue weighted by atomic mass is 9.94. The summed E-state index contributed by atoms with van der Waals surface area (Å²) in [7, 11) is 0. The maximum Gasteiger partial charge on any atom is 0.249 e. The number of amides is 3. The average molecular weight is 569 g/mol. The predicted octanol–water partition coefficient (Wildman–Crippen LogP) is 5.01. The fraction of sp³-hybridized carbons (Fsp3) is 0.344. The Morgan fingerprint density at radius 2 is 1.69 bits per heavy atom. The average Bonchev–Trinajstić information content (AvgIpc) is 3.40. The van der Waals surface area contributed by atoms with Crippen LogP contribution < -0.4 is 20.3 Å². The summed E-state index contributed by atoms with van der Waals surface area (Å²) in [4.78, 5) is 41.5. The van der Waals surface area contributed by atoms with Crippen LogP contribution in [0.15, 0.2) is 72.8 Å². The molecule has 3 amide bonds. The van der Waals surface area contributed by atoms with Gasteiger partial charge in [-0.1, -0.05) is 48.7 Å². The first-order valence-electron chi connectivity index (χ1n) is 14.4. The molecule has 0 bridgehead atoms. The first-order valence-corrected chi connectivity index (χ1v) is 14.4. The van der Waals surface area contributed by atoms with Crippen LogP contribution in [0, 0.1) is 0 Å². The van der Waals surface area contributed by atoms with Gasteiger partial charge in [-0.05, 0) is 73.9 Å². The highest BCUT2D eigenvalue weighted by molar-refractivity contribution is 6.02. The largest absolute Gasteiger partial charge is 0.494 e. The summed E-state index contributed by atoms with van der Waals surface area (Å²) in [6.07, 6.45) is 5.10. The summed E-state index contributed by atoms with van der Waals surface area (Å²) in [6.45, 7) is 3.73. The zero-order chi connectivity index (χ0) is 29.5. The molecule has 2 N–H and O–H groups in total. The smallest absolute Gasteiger partial charge is 0.249 e. The number of rotatable bonds is 10. The van der Waals surface area contributed by atoms with Gasteiger partial charge in [0.15, 0.2) is 0 Å². The van der Waals surface area contributed by atoms with E-state index in [2.05, 4.69) is 20.9 Å². The van der Waals surface area contributed by atoms with Gasteiger partial charge in [0, 0.05) is 24.3 Å². The van der Waals surface area contributed by atoms with E-state index in [1.165, 1.54) is 11.8 Å². The maximum absolute atomic E-state index is 14.3. The van der Waals surface area contributed by atoms with Crippen LogP contribution in [0.4, 0.5) is 11.4 Å². The highest BCUT2D eigenvalue weighted by Crippen LogP contribution is 2.31. The normalized spacial score (nSPS) is 14.2. The van der Waals surface area contributed by atoms with E-state index in [0.717, 1.165) is 37.6 Å². The molecular weight excluding hydrogens is 532 g/mol. The van der Waals surface area contributed by atoms with E-state index in [-0.39, 0.29) is 30.3 Å². The Balaban J connectivity index is 1.56. The molecule has 0 spiro atoms. The molecule has 0 unspecified atom stereocenters. The summed E-state index contributed by atoms with van der Waals surface area (Å²) in [5.41, 5.74) is 3.14. The third-order valence-electron chi connectivity index (χ3n) is 7.40. The first kappa shape index (κ1) is 28.8. The zero-order valence-corrected chi connectivity index (χ0v) is 24.0. The van der Waals surface area contributed by atoms with E-state index in [1.807, 2.05) is 55.5 Å². The quantitative estimate of drug-likeness (QED) is 0.278. The van der Waals surface area contributed by atoms with Crippen molar-refractivity contribution in [3.05, 3.63) is 78.4 Å². The van der Waals surface area contributed by atoms with Crippen molar-refractivity contribution in [2.45, 2.75) is 64.6 Å². The van der Waals surface area contributed by atoms with Crippen LogP contribution in [0.25, 0.3) is 11.0 Å². The van der Waals surface area contributed by atoms with Crippen molar-refractivity contribution in [2.75, 3.05) is 16.8 Å². The molecule has 218 valence electrons. The summed E-state index contributed by atoms with van der Waals surface area (Å²) >= 11 is 0. The molecule has 1 heterocycles. The van der Waals surface area contributed by atoms with Gasteiger partial charge in [0.2, 0.25) is 17.7 Å². The molecule has 0 aliphatic heterocycles. The van der Waals surface area contributed by atoms with Gasteiger partial charge < -0.3 is 15.4 Å². The number of hydrogen-bond acceptors (Lipinski definition) is 6. The van der Waals surface area contributed by atoms with Crippen LogP contribution in [-0.2, 0) is 20.9 Å². The van der Waals surface area contributed by atoms with Crippen LogP contribution in [-0.4, -0.2) is 45.4 Å². The molecular formula is C32H36N6O4. The highest BCUT2D eigenvalue weighted by atomic mass is 16.5. The van der Waals surface area contributed by atoms with Crippen molar-refractivity contribution >= 4 is 40.1 Å².